The van der Waals surface area contributed by atoms with E-state index in [2.05, 4.69) is 15.0 Å². The van der Waals surface area contributed by atoms with Gasteiger partial charge in [0, 0.05) is 23.2 Å². The van der Waals surface area contributed by atoms with Gasteiger partial charge in [-0.1, -0.05) is 12.8 Å². The van der Waals surface area contributed by atoms with Gasteiger partial charge in [-0.25, -0.2) is 4.79 Å². The highest BCUT2D eigenvalue weighted by molar-refractivity contribution is 7.20. The van der Waals surface area contributed by atoms with E-state index in [-0.39, 0.29) is 17.7 Å². The molecule has 0 aliphatic carbocycles. The van der Waals surface area contributed by atoms with E-state index in [1.165, 1.54) is 18.4 Å². The van der Waals surface area contributed by atoms with Gasteiger partial charge in [-0.2, -0.15) is 4.99 Å². The van der Waals surface area contributed by atoms with Crippen molar-refractivity contribution in [2.45, 2.75) is 58.5 Å². The Morgan fingerprint density at radius 3 is 2.50 bits per heavy atom. The third-order valence-corrected chi connectivity index (χ3v) is 5.58. The molecular formula is C23H31N3O5S. The number of benzene rings is 1. The van der Waals surface area contributed by atoms with Crippen molar-refractivity contribution in [1.82, 2.24) is 5.32 Å². The Balaban J connectivity index is 1.90. The van der Waals surface area contributed by atoms with Crippen LogP contribution in [0, 0.1) is 0 Å². The molecule has 0 fully saturated rings. The highest BCUT2D eigenvalue weighted by Gasteiger charge is 2.16. The van der Waals surface area contributed by atoms with Crippen LogP contribution in [0.4, 0.5) is 4.79 Å². The van der Waals surface area contributed by atoms with Crippen LogP contribution in [0.2, 0.25) is 0 Å². The fraction of sp³-hybridized carbons (Fsp3) is 0.478. The number of carbonyl (C=O) groups is 3. The standard InChI is InChI=1S/C23H31N3O5S/c1-23(2,3)31-22(29)26-20(24)15-10-11-17-16(13-15)14-18(32-17)21(28)25-12-8-6-5-7-9-19(27)30-4/h10-11,13-14H,5-9,12H2,1-4H3,(H,25,28)(H2,24,26,29). The summed E-state index contributed by atoms with van der Waals surface area (Å²) in [6, 6.07) is 7.21. The molecular weight excluding hydrogens is 430 g/mol. The summed E-state index contributed by atoms with van der Waals surface area (Å²) in [5.74, 6) is -0.257. The Kier molecular flexibility index (Phi) is 9.19. The Labute approximate surface area is 192 Å². The predicted octanol–water partition coefficient (Wildman–Crippen LogP) is 4.40. The number of carbonyl (C=O) groups excluding carboxylic acids is 3. The van der Waals surface area contributed by atoms with E-state index in [0.717, 1.165) is 35.8 Å². The molecule has 1 aromatic heterocycles. The summed E-state index contributed by atoms with van der Waals surface area (Å²) < 4.78 is 10.7. The summed E-state index contributed by atoms with van der Waals surface area (Å²) >= 11 is 1.39. The van der Waals surface area contributed by atoms with Crippen molar-refractivity contribution in [1.29, 1.82) is 0 Å². The first-order valence-electron chi connectivity index (χ1n) is 10.5. The second-order valence-electron chi connectivity index (χ2n) is 8.34. The van der Waals surface area contributed by atoms with Gasteiger partial charge in [-0.3, -0.25) is 9.59 Å². The summed E-state index contributed by atoms with van der Waals surface area (Å²) in [5.41, 5.74) is 5.89. The van der Waals surface area contributed by atoms with E-state index >= 15 is 0 Å². The Hall–Kier alpha value is -2.94. The molecule has 0 bridgehead atoms. The first kappa shape index (κ1) is 25.3. The van der Waals surface area contributed by atoms with Gasteiger partial charge in [0.25, 0.3) is 5.91 Å². The number of hydrogen-bond donors (Lipinski definition) is 2. The third-order valence-electron chi connectivity index (χ3n) is 4.46. The van der Waals surface area contributed by atoms with Gasteiger partial charge >= 0.3 is 12.1 Å². The zero-order chi connectivity index (χ0) is 23.7. The SMILES string of the molecule is COC(=O)CCCCCCNC(=O)c1cc2cc(/C(N)=N/C(=O)OC(C)(C)C)ccc2s1. The number of amidine groups is 1. The monoisotopic (exact) mass is 461 g/mol. The molecule has 0 saturated heterocycles. The van der Waals surface area contributed by atoms with Crippen molar-refractivity contribution >= 4 is 45.2 Å². The lowest BCUT2D eigenvalue weighted by atomic mass is 10.1. The van der Waals surface area contributed by atoms with Crippen LogP contribution < -0.4 is 11.1 Å². The van der Waals surface area contributed by atoms with Gasteiger partial charge in [-0.15, -0.1) is 11.3 Å². The van der Waals surface area contributed by atoms with E-state index in [1.54, 1.807) is 39.0 Å². The number of hydrogen-bond acceptors (Lipinski definition) is 6. The number of methoxy groups -OCH3 is 1. The molecule has 1 heterocycles. The van der Waals surface area contributed by atoms with E-state index in [1.807, 2.05) is 6.07 Å². The number of nitrogens with zero attached hydrogens (tertiary/aromatic N) is 1. The van der Waals surface area contributed by atoms with Gasteiger partial charge in [-0.05, 0) is 63.3 Å². The number of esters is 1. The lowest BCUT2D eigenvalue weighted by Crippen LogP contribution is -2.24. The quantitative estimate of drug-likeness (QED) is 0.247. The number of amides is 2. The molecule has 0 saturated carbocycles. The topological polar surface area (TPSA) is 120 Å². The number of fused-ring (bicyclic) bond motifs is 1. The van der Waals surface area contributed by atoms with Crippen LogP contribution in [0.25, 0.3) is 10.1 Å². The average molecular weight is 462 g/mol. The van der Waals surface area contributed by atoms with Gasteiger partial charge in [0.05, 0.1) is 12.0 Å². The molecule has 8 nitrogen and oxygen atoms in total. The van der Waals surface area contributed by atoms with Crippen molar-refractivity contribution in [2.24, 2.45) is 10.7 Å². The maximum Gasteiger partial charge on any atom is 0.436 e. The maximum atomic E-state index is 12.5. The molecule has 2 aromatic rings. The fourth-order valence-electron chi connectivity index (χ4n) is 2.90. The maximum absolute atomic E-state index is 12.5. The fourth-order valence-corrected chi connectivity index (χ4v) is 3.86. The van der Waals surface area contributed by atoms with Crippen LogP contribution in [-0.4, -0.2) is 43.1 Å². The van der Waals surface area contributed by atoms with Crippen molar-refractivity contribution in [3.8, 4) is 0 Å². The van der Waals surface area contributed by atoms with Crippen molar-refractivity contribution < 1.29 is 23.9 Å². The summed E-state index contributed by atoms with van der Waals surface area (Å²) in [4.78, 5) is 39.8. The Morgan fingerprint density at radius 2 is 1.81 bits per heavy atom. The second-order valence-corrected chi connectivity index (χ2v) is 9.42. The van der Waals surface area contributed by atoms with Crippen LogP contribution >= 0.6 is 11.3 Å². The minimum Gasteiger partial charge on any atom is -0.469 e. The van der Waals surface area contributed by atoms with Crippen LogP contribution in [0.15, 0.2) is 29.3 Å². The molecule has 0 radical (unpaired) electrons. The first-order chi connectivity index (χ1) is 15.1. The molecule has 0 unspecified atom stereocenters. The molecule has 1 aromatic carbocycles. The second kappa shape index (κ2) is 11.6. The van der Waals surface area contributed by atoms with Crippen molar-refractivity contribution in [3.05, 3.63) is 34.7 Å². The number of nitrogens with one attached hydrogen (secondary N) is 1. The number of unbranched alkanes of at least 4 members (excludes halogenated alkanes) is 3. The molecule has 3 N–H and O–H groups in total. The van der Waals surface area contributed by atoms with Crippen LogP contribution in [0.3, 0.4) is 0 Å². The summed E-state index contributed by atoms with van der Waals surface area (Å²) in [7, 11) is 1.39. The number of thiophene rings is 1. The molecule has 2 amide bonds. The largest absolute Gasteiger partial charge is 0.469 e. The highest BCUT2D eigenvalue weighted by Crippen LogP contribution is 2.26. The molecule has 2 rings (SSSR count). The van der Waals surface area contributed by atoms with Gasteiger partial charge in [0.1, 0.15) is 11.4 Å². The van der Waals surface area contributed by atoms with Crippen molar-refractivity contribution in [2.75, 3.05) is 13.7 Å². The smallest absolute Gasteiger partial charge is 0.436 e. The lowest BCUT2D eigenvalue weighted by molar-refractivity contribution is -0.140. The average Bonchev–Trinajstić information content (AvgIpc) is 3.14. The molecule has 0 atom stereocenters. The lowest BCUT2D eigenvalue weighted by Gasteiger charge is -2.17. The normalized spacial score (nSPS) is 11.9. The molecule has 9 heteroatoms. The van der Waals surface area contributed by atoms with Crippen LogP contribution in [0.1, 0.15) is 68.1 Å². The van der Waals surface area contributed by atoms with Crippen LogP contribution in [0.5, 0.6) is 0 Å². The third kappa shape index (κ3) is 8.30. The summed E-state index contributed by atoms with van der Waals surface area (Å²) in [6.07, 6.45) is 3.18. The van der Waals surface area contributed by atoms with Crippen LogP contribution in [-0.2, 0) is 14.3 Å². The zero-order valence-corrected chi connectivity index (χ0v) is 19.8. The minimum absolute atomic E-state index is 0.0607. The van der Waals surface area contributed by atoms with Gasteiger partial charge in [0.2, 0.25) is 0 Å². The predicted molar refractivity (Wildman–Crippen MR) is 126 cm³/mol. The number of rotatable bonds is 9. The van der Waals surface area contributed by atoms with E-state index in [4.69, 9.17) is 10.5 Å². The van der Waals surface area contributed by atoms with E-state index < -0.39 is 11.7 Å². The number of aliphatic imine (C=N–C) groups is 1. The zero-order valence-electron chi connectivity index (χ0n) is 19.0. The molecule has 0 aliphatic rings. The molecule has 32 heavy (non-hydrogen) atoms. The van der Waals surface area contributed by atoms with Gasteiger partial charge in [0.15, 0.2) is 0 Å². The summed E-state index contributed by atoms with van der Waals surface area (Å²) in [5, 5.41) is 3.78. The Morgan fingerprint density at radius 1 is 1.09 bits per heavy atom. The van der Waals surface area contributed by atoms with Crippen molar-refractivity contribution in [3.63, 3.8) is 0 Å². The highest BCUT2D eigenvalue weighted by atomic mass is 32.1. The number of nitrogens with two attached hydrogens (primary N) is 1. The first-order valence-corrected chi connectivity index (χ1v) is 11.4. The van der Waals surface area contributed by atoms with Gasteiger partial charge < -0.3 is 20.5 Å². The number of ether oxygens (including phenoxy) is 2. The minimum atomic E-state index is -0.745. The van der Waals surface area contributed by atoms with E-state index in [0.29, 0.717) is 23.4 Å². The molecule has 0 aliphatic heterocycles. The molecule has 174 valence electrons. The summed E-state index contributed by atoms with van der Waals surface area (Å²) in [6.45, 7) is 5.84. The molecule has 0 spiro atoms. The Bertz CT molecular complexity index is 991. The van der Waals surface area contributed by atoms with E-state index in [9.17, 15) is 14.4 Å².